The van der Waals surface area contributed by atoms with Crippen molar-refractivity contribution >= 4 is 46.3 Å². The zero-order chi connectivity index (χ0) is 17.5. The van der Waals surface area contributed by atoms with Crippen LogP contribution in [0.15, 0.2) is 35.7 Å². The lowest BCUT2D eigenvalue weighted by molar-refractivity contribution is -0.147. The number of carbonyl (C=O) groups is 3. The number of anilines is 1. The van der Waals surface area contributed by atoms with Crippen molar-refractivity contribution in [1.82, 2.24) is 0 Å². The van der Waals surface area contributed by atoms with Crippen molar-refractivity contribution in [3.05, 3.63) is 51.2 Å². The summed E-state index contributed by atoms with van der Waals surface area (Å²) in [5.41, 5.74) is 1.30. The first-order chi connectivity index (χ1) is 11.5. The zero-order valence-electron chi connectivity index (χ0n) is 13.0. The third-order valence-corrected chi connectivity index (χ3v) is 4.58. The van der Waals surface area contributed by atoms with Crippen LogP contribution in [0.3, 0.4) is 0 Å². The van der Waals surface area contributed by atoms with Gasteiger partial charge >= 0.3 is 5.97 Å². The van der Waals surface area contributed by atoms with E-state index < -0.39 is 18.5 Å². The molecule has 0 bridgehead atoms. The molecular weight excluding hydrogens is 350 g/mol. The number of halogens is 1. The molecule has 126 valence electrons. The number of hydrogen-bond acceptors (Lipinski definition) is 5. The molecule has 0 aliphatic carbocycles. The summed E-state index contributed by atoms with van der Waals surface area (Å²) in [6.07, 6.45) is 0.00851. The molecule has 5 nitrogen and oxygen atoms in total. The minimum absolute atomic E-state index is 0.0554. The highest BCUT2D eigenvalue weighted by Crippen LogP contribution is 2.22. The van der Waals surface area contributed by atoms with Gasteiger partial charge in [-0.05, 0) is 36.1 Å². The Kier molecular flexibility index (Phi) is 6.52. The average molecular weight is 366 g/mol. The Hall–Kier alpha value is -2.18. The first kappa shape index (κ1) is 18.2. The molecule has 7 heteroatoms. The minimum atomic E-state index is -0.585. The van der Waals surface area contributed by atoms with Gasteiger partial charge in [0.2, 0.25) is 0 Å². The van der Waals surface area contributed by atoms with Gasteiger partial charge in [0.25, 0.3) is 5.91 Å². The maximum Gasteiger partial charge on any atom is 0.306 e. The van der Waals surface area contributed by atoms with Gasteiger partial charge in [0.05, 0.1) is 11.3 Å². The number of carbonyl (C=O) groups excluding carboxylic acids is 3. The molecule has 0 atom stereocenters. The van der Waals surface area contributed by atoms with Crippen molar-refractivity contribution in [3.63, 3.8) is 0 Å². The van der Waals surface area contributed by atoms with Crippen molar-refractivity contribution in [2.24, 2.45) is 0 Å². The quantitative estimate of drug-likeness (QED) is 0.597. The molecule has 1 N–H and O–H groups in total. The summed E-state index contributed by atoms with van der Waals surface area (Å²) < 4.78 is 4.88. The van der Waals surface area contributed by atoms with Crippen LogP contribution in [-0.4, -0.2) is 24.3 Å². The molecule has 2 rings (SSSR count). The number of ether oxygens (including phenoxy) is 1. The first-order valence-corrected chi connectivity index (χ1v) is 8.50. The van der Waals surface area contributed by atoms with E-state index in [1.54, 1.807) is 42.6 Å². The molecule has 2 aromatic rings. The van der Waals surface area contributed by atoms with Gasteiger partial charge in [0.1, 0.15) is 0 Å². The molecule has 1 amide bonds. The molecule has 0 radical (unpaired) electrons. The maximum absolute atomic E-state index is 11.8. The summed E-state index contributed by atoms with van der Waals surface area (Å²) in [7, 11) is 0. The van der Waals surface area contributed by atoms with Gasteiger partial charge < -0.3 is 10.1 Å². The van der Waals surface area contributed by atoms with Gasteiger partial charge in [-0.3, -0.25) is 14.4 Å². The zero-order valence-corrected chi connectivity index (χ0v) is 14.6. The second kappa shape index (κ2) is 8.61. The molecule has 0 spiro atoms. The first-order valence-electron chi connectivity index (χ1n) is 7.24. The standard InChI is InChI=1S/C17H16ClNO4S/c1-11-12(18)4-2-5-13(11)19-16(21)10-23-17(22)8-7-14(20)15-6-3-9-24-15/h2-6,9H,7-8,10H2,1H3,(H,19,21). The topological polar surface area (TPSA) is 72.5 Å². The predicted octanol–water partition coefficient (Wildman–Crippen LogP) is 3.85. The lowest BCUT2D eigenvalue weighted by Crippen LogP contribution is -2.21. The van der Waals surface area contributed by atoms with Crippen LogP contribution < -0.4 is 5.32 Å². The smallest absolute Gasteiger partial charge is 0.306 e. The minimum Gasteiger partial charge on any atom is -0.456 e. The van der Waals surface area contributed by atoms with Gasteiger partial charge in [-0.1, -0.05) is 23.7 Å². The van der Waals surface area contributed by atoms with Crippen LogP contribution in [0.4, 0.5) is 5.69 Å². The number of esters is 1. The number of amides is 1. The Morgan fingerprint density at radius 2 is 1.96 bits per heavy atom. The number of ketones is 1. The van der Waals surface area contributed by atoms with E-state index in [9.17, 15) is 14.4 Å². The Balaban J connectivity index is 1.74. The normalized spacial score (nSPS) is 10.2. The van der Waals surface area contributed by atoms with Crippen LogP contribution in [0.5, 0.6) is 0 Å². The summed E-state index contributed by atoms with van der Waals surface area (Å²) in [4.78, 5) is 35.8. The van der Waals surface area contributed by atoms with Crippen molar-refractivity contribution in [2.75, 3.05) is 11.9 Å². The summed E-state index contributed by atoms with van der Waals surface area (Å²) in [6.45, 7) is 1.37. The molecule has 24 heavy (non-hydrogen) atoms. The van der Waals surface area contributed by atoms with Gasteiger partial charge in [-0.2, -0.15) is 0 Å². The SMILES string of the molecule is Cc1c(Cl)cccc1NC(=O)COC(=O)CCC(=O)c1cccs1. The fraction of sp³-hybridized carbons (Fsp3) is 0.235. The predicted molar refractivity (Wildman–Crippen MR) is 93.7 cm³/mol. The summed E-state index contributed by atoms with van der Waals surface area (Å²) in [5, 5.41) is 4.97. The molecule has 0 aliphatic rings. The van der Waals surface area contributed by atoms with Crippen molar-refractivity contribution in [1.29, 1.82) is 0 Å². The van der Waals surface area contributed by atoms with E-state index in [0.717, 1.165) is 5.56 Å². The lowest BCUT2D eigenvalue weighted by atomic mass is 10.2. The Labute approximate surface area is 148 Å². The molecule has 0 unspecified atom stereocenters. The van der Waals surface area contributed by atoms with Gasteiger partial charge in [0.15, 0.2) is 12.4 Å². The van der Waals surface area contributed by atoms with E-state index >= 15 is 0 Å². The van der Waals surface area contributed by atoms with Gasteiger partial charge in [-0.15, -0.1) is 11.3 Å². The fourth-order valence-electron chi connectivity index (χ4n) is 1.92. The van der Waals surface area contributed by atoms with Gasteiger partial charge in [0, 0.05) is 17.1 Å². The fourth-order valence-corrected chi connectivity index (χ4v) is 2.79. The van der Waals surface area contributed by atoms with Crippen LogP contribution in [0.25, 0.3) is 0 Å². The summed E-state index contributed by atoms with van der Waals surface area (Å²) in [5.74, 6) is -1.16. The number of Topliss-reactive ketones (excluding diaryl/α,β-unsaturated/α-hetero) is 1. The molecule has 1 heterocycles. The van der Waals surface area contributed by atoms with Gasteiger partial charge in [-0.25, -0.2) is 0 Å². The molecule has 0 fully saturated rings. The van der Waals surface area contributed by atoms with Crippen LogP contribution >= 0.6 is 22.9 Å². The molecule has 1 aromatic heterocycles. The summed E-state index contributed by atoms with van der Waals surface area (Å²) in [6, 6.07) is 8.63. The second-order valence-electron chi connectivity index (χ2n) is 5.02. The van der Waals surface area contributed by atoms with Crippen molar-refractivity contribution in [2.45, 2.75) is 19.8 Å². The van der Waals surface area contributed by atoms with E-state index in [2.05, 4.69) is 5.32 Å². The second-order valence-corrected chi connectivity index (χ2v) is 6.38. The number of hydrogen-bond donors (Lipinski definition) is 1. The molecular formula is C17H16ClNO4S. The number of rotatable bonds is 7. The van der Waals surface area contributed by atoms with E-state index in [0.29, 0.717) is 15.6 Å². The Morgan fingerprint density at radius 3 is 2.67 bits per heavy atom. The monoisotopic (exact) mass is 365 g/mol. The molecule has 0 saturated heterocycles. The molecule has 0 aliphatic heterocycles. The van der Waals surface area contributed by atoms with Crippen molar-refractivity contribution in [3.8, 4) is 0 Å². The van der Waals surface area contributed by atoms with Crippen LogP contribution in [0.1, 0.15) is 28.1 Å². The van der Waals surface area contributed by atoms with E-state index in [1.807, 2.05) is 0 Å². The summed E-state index contributed by atoms with van der Waals surface area (Å²) >= 11 is 7.30. The highest BCUT2D eigenvalue weighted by molar-refractivity contribution is 7.12. The van der Waals surface area contributed by atoms with Crippen molar-refractivity contribution < 1.29 is 19.1 Å². The average Bonchev–Trinajstić information content (AvgIpc) is 3.09. The highest BCUT2D eigenvalue weighted by Gasteiger charge is 2.13. The van der Waals surface area contributed by atoms with Crippen LogP contribution in [0, 0.1) is 6.92 Å². The highest BCUT2D eigenvalue weighted by atomic mass is 35.5. The van der Waals surface area contributed by atoms with E-state index in [1.165, 1.54) is 11.3 Å². The number of thiophene rings is 1. The maximum atomic E-state index is 11.8. The number of nitrogens with one attached hydrogen (secondary N) is 1. The van der Waals surface area contributed by atoms with Crippen LogP contribution in [-0.2, 0) is 14.3 Å². The third-order valence-electron chi connectivity index (χ3n) is 3.26. The molecule has 1 aromatic carbocycles. The largest absolute Gasteiger partial charge is 0.456 e. The van der Waals surface area contributed by atoms with Crippen LogP contribution in [0.2, 0.25) is 5.02 Å². The van der Waals surface area contributed by atoms with E-state index in [4.69, 9.17) is 16.3 Å². The lowest BCUT2D eigenvalue weighted by Gasteiger charge is -2.09. The Bertz CT molecular complexity index is 743. The van der Waals surface area contributed by atoms with E-state index in [-0.39, 0.29) is 18.6 Å². The Morgan fingerprint density at radius 1 is 1.17 bits per heavy atom. The molecule has 0 saturated carbocycles. The third kappa shape index (κ3) is 5.18. The number of benzene rings is 1.